The highest BCUT2D eigenvalue weighted by molar-refractivity contribution is 7.99. The number of rotatable bonds is 11. The fraction of sp³-hybridized carbons (Fsp3) is 0.185. The number of aromatic nitrogens is 3. The number of carbonyl (C=O) groups excluding carboxylic acids is 2. The molecule has 0 bridgehead atoms. The van der Waals surface area contributed by atoms with Gasteiger partial charge in [-0.1, -0.05) is 53.2 Å². The van der Waals surface area contributed by atoms with Crippen LogP contribution in [0.15, 0.2) is 65.7 Å². The van der Waals surface area contributed by atoms with Crippen molar-refractivity contribution in [3.63, 3.8) is 0 Å². The van der Waals surface area contributed by atoms with Crippen molar-refractivity contribution in [1.29, 1.82) is 0 Å². The first kappa shape index (κ1) is 29.6. The van der Waals surface area contributed by atoms with E-state index >= 15 is 0 Å². The van der Waals surface area contributed by atoms with Crippen LogP contribution >= 0.6 is 46.3 Å². The Hall–Kier alpha value is -3.38. The summed E-state index contributed by atoms with van der Waals surface area (Å²) in [5.41, 5.74) is 1.34. The molecule has 13 heteroatoms. The first-order chi connectivity index (χ1) is 19.2. The van der Waals surface area contributed by atoms with E-state index in [0.29, 0.717) is 49.4 Å². The van der Waals surface area contributed by atoms with Crippen molar-refractivity contribution in [1.82, 2.24) is 14.8 Å². The number of hydrogen-bond donors (Lipinski definition) is 1. The Morgan fingerprint density at radius 1 is 1.23 bits per heavy atom. The second-order valence-electron chi connectivity index (χ2n) is 8.26. The highest BCUT2D eigenvalue weighted by Gasteiger charge is 2.24. The molecule has 2 heterocycles. The van der Waals surface area contributed by atoms with Gasteiger partial charge in [0, 0.05) is 28.6 Å². The smallest absolute Gasteiger partial charge is 0.341 e. The monoisotopic (exact) mass is 620 g/mol. The lowest BCUT2D eigenvalue weighted by Gasteiger charge is -2.16. The average molecular weight is 622 g/mol. The summed E-state index contributed by atoms with van der Waals surface area (Å²) >= 11 is 14.6. The summed E-state index contributed by atoms with van der Waals surface area (Å²) in [6, 6.07) is 10.6. The third-order valence-corrected chi connectivity index (χ3v) is 7.95. The Kier molecular flexibility index (Phi) is 9.85. The number of amides is 1. The molecule has 0 aliphatic rings. The molecule has 0 aliphatic heterocycles. The SMILES string of the molecule is C=CCn1c(SCC(=O)Nc2scc(-c3ccc(F)cc3)c2C(=O)OC)nnc1C(C)Oc1cc(Cl)ccc1Cl. The van der Waals surface area contributed by atoms with Crippen molar-refractivity contribution in [3.8, 4) is 16.9 Å². The Morgan fingerprint density at radius 2 is 1.98 bits per heavy atom. The quantitative estimate of drug-likeness (QED) is 0.107. The predicted molar refractivity (Wildman–Crippen MR) is 156 cm³/mol. The number of nitrogens with zero attached hydrogens (tertiary/aromatic N) is 3. The van der Waals surface area contributed by atoms with Crippen molar-refractivity contribution in [2.75, 3.05) is 18.2 Å². The Balaban J connectivity index is 1.48. The zero-order chi connectivity index (χ0) is 28.8. The molecule has 2 aromatic heterocycles. The number of allylic oxidation sites excluding steroid dienone is 1. The molecule has 1 N–H and O–H groups in total. The molecule has 2 aromatic carbocycles. The van der Waals surface area contributed by atoms with Crippen LogP contribution in [0.4, 0.5) is 9.39 Å². The van der Waals surface area contributed by atoms with Gasteiger partial charge < -0.3 is 14.8 Å². The molecule has 0 fully saturated rings. The van der Waals surface area contributed by atoms with E-state index in [1.807, 2.05) is 0 Å². The van der Waals surface area contributed by atoms with Gasteiger partial charge in [-0.25, -0.2) is 9.18 Å². The molecule has 0 saturated heterocycles. The summed E-state index contributed by atoms with van der Waals surface area (Å²) in [5, 5.41) is 14.7. The average Bonchev–Trinajstić information content (AvgIpc) is 3.54. The van der Waals surface area contributed by atoms with Gasteiger partial charge in [-0.05, 0) is 36.8 Å². The lowest BCUT2D eigenvalue weighted by atomic mass is 10.0. The van der Waals surface area contributed by atoms with Crippen LogP contribution in [0, 0.1) is 5.82 Å². The lowest BCUT2D eigenvalue weighted by molar-refractivity contribution is -0.113. The van der Waals surface area contributed by atoms with Crippen molar-refractivity contribution in [3.05, 3.63) is 87.7 Å². The van der Waals surface area contributed by atoms with Crippen LogP contribution in [0.25, 0.3) is 11.1 Å². The molecule has 1 amide bonds. The molecule has 4 aromatic rings. The number of esters is 1. The molecule has 4 rings (SSSR count). The van der Waals surface area contributed by atoms with Crippen LogP contribution < -0.4 is 10.1 Å². The Labute approximate surface area is 248 Å². The standard InChI is InChI=1S/C27H23Cl2FN4O4S2/c1-4-11-34-24(15(2)38-21-12-17(28)7-10-20(21)29)32-33-27(34)40-14-22(35)31-25-23(26(36)37-3)19(13-39-25)16-5-8-18(30)9-6-16/h4-10,12-13,15H,1,11,14H2,2-3H3,(H,31,35). The third-order valence-electron chi connectivity index (χ3n) is 5.54. The van der Waals surface area contributed by atoms with E-state index in [-0.39, 0.29) is 17.2 Å². The van der Waals surface area contributed by atoms with Crippen LogP contribution in [0.1, 0.15) is 29.2 Å². The predicted octanol–water partition coefficient (Wildman–Crippen LogP) is 7.30. The van der Waals surface area contributed by atoms with E-state index in [1.54, 1.807) is 53.3 Å². The largest absolute Gasteiger partial charge is 0.481 e. The minimum absolute atomic E-state index is 0.0188. The number of halogens is 3. The number of carbonyl (C=O) groups is 2. The fourth-order valence-corrected chi connectivity index (χ4v) is 5.76. The second-order valence-corrected chi connectivity index (χ2v) is 10.9. The molecule has 8 nitrogen and oxygen atoms in total. The number of thioether (sulfide) groups is 1. The van der Waals surface area contributed by atoms with E-state index < -0.39 is 17.9 Å². The number of anilines is 1. The minimum atomic E-state index is -0.618. The zero-order valence-corrected chi connectivity index (χ0v) is 24.5. The van der Waals surface area contributed by atoms with E-state index in [9.17, 15) is 14.0 Å². The highest BCUT2D eigenvalue weighted by Crippen LogP contribution is 2.37. The number of nitrogens with one attached hydrogen (secondary N) is 1. The maximum Gasteiger partial charge on any atom is 0.341 e. The van der Waals surface area contributed by atoms with Gasteiger partial charge in [0.1, 0.15) is 22.1 Å². The summed E-state index contributed by atoms with van der Waals surface area (Å²) in [6.45, 7) is 5.97. The fourth-order valence-electron chi connectivity index (χ4n) is 3.71. The molecule has 0 saturated carbocycles. The summed E-state index contributed by atoms with van der Waals surface area (Å²) < 4.78 is 26.1. The molecular weight excluding hydrogens is 598 g/mol. The molecular formula is C27H23Cl2FN4O4S2. The summed E-state index contributed by atoms with van der Waals surface area (Å²) in [4.78, 5) is 25.5. The van der Waals surface area contributed by atoms with Gasteiger partial charge >= 0.3 is 5.97 Å². The van der Waals surface area contributed by atoms with Crippen molar-refractivity contribution in [2.24, 2.45) is 0 Å². The van der Waals surface area contributed by atoms with E-state index in [2.05, 4.69) is 22.1 Å². The normalized spacial score (nSPS) is 11.6. The van der Waals surface area contributed by atoms with E-state index in [4.69, 9.17) is 32.7 Å². The van der Waals surface area contributed by atoms with Crippen molar-refractivity contribution >= 4 is 63.2 Å². The van der Waals surface area contributed by atoms with Gasteiger partial charge in [0.25, 0.3) is 0 Å². The van der Waals surface area contributed by atoms with Crippen LogP contribution in [0.5, 0.6) is 5.75 Å². The third kappa shape index (κ3) is 6.84. The number of hydrogen-bond acceptors (Lipinski definition) is 8. The number of ether oxygens (including phenoxy) is 2. The number of benzene rings is 2. The highest BCUT2D eigenvalue weighted by atomic mass is 35.5. The first-order valence-corrected chi connectivity index (χ1v) is 14.4. The van der Waals surface area contributed by atoms with Gasteiger partial charge in [0.15, 0.2) is 17.1 Å². The zero-order valence-electron chi connectivity index (χ0n) is 21.3. The van der Waals surface area contributed by atoms with Gasteiger partial charge in [0.05, 0.1) is 17.9 Å². The number of methoxy groups -OCH3 is 1. The van der Waals surface area contributed by atoms with E-state index in [1.165, 1.54) is 30.6 Å². The maximum absolute atomic E-state index is 13.4. The van der Waals surface area contributed by atoms with Gasteiger partial charge in [-0.15, -0.1) is 28.1 Å². The summed E-state index contributed by atoms with van der Waals surface area (Å²) in [6.07, 6.45) is 1.15. The van der Waals surface area contributed by atoms with Crippen molar-refractivity contribution < 1.29 is 23.5 Å². The van der Waals surface area contributed by atoms with Crippen LogP contribution in [-0.4, -0.2) is 39.5 Å². The van der Waals surface area contributed by atoms with Crippen LogP contribution in [-0.2, 0) is 16.1 Å². The molecule has 0 radical (unpaired) electrons. The van der Waals surface area contributed by atoms with Crippen molar-refractivity contribution in [2.45, 2.75) is 24.7 Å². The lowest BCUT2D eigenvalue weighted by Crippen LogP contribution is -2.17. The van der Waals surface area contributed by atoms with Gasteiger partial charge in [0.2, 0.25) is 5.91 Å². The van der Waals surface area contributed by atoms with Crippen LogP contribution in [0.3, 0.4) is 0 Å². The van der Waals surface area contributed by atoms with Gasteiger partial charge in [-0.3, -0.25) is 9.36 Å². The Morgan fingerprint density at radius 3 is 2.67 bits per heavy atom. The topological polar surface area (TPSA) is 95.3 Å². The van der Waals surface area contributed by atoms with Gasteiger partial charge in [-0.2, -0.15) is 0 Å². The molecule has 1 unspecified atom stereocenters. The first-order valence-electron chi connectivity index (χ1n) is 11.8. The summed E-state index contributed by atoms with van der Waals surface area (Å²) in [5.74, 6) is -0.490. The van der Waals surface area contributed by atoms with Crippen LogP contribution in [0.2, 0.25) is 10.0 Å². The molecule has 40 heavy (non-hydrogen) atoms. The number of thiophene rings is 1. The molecule has 0 spiro atoms. The molecule has 1 atom stereocenters. The molecule has 208 valence electrons. The minimum Gasteiger partial charge on any atom is -0.481 e. The Bertz CT molecular complexity index is 1540. The van der Waals surface area contributed by atoms with E-state index in [0.717, 1.165) is 11.8 Å². The maximum atomic E-state index is 13.4. The second kappa shape index (κ2) is 13.3. The summed E-state index contributed by atoms with van der Waals surface area (Å²) in [7, 11) is 1.25. The molecule has 0 aliphatic carbocycles.